The SMILES string of the molecule is Cc1cc(Nc2nccc(C(N)=S)n2)c2ccccc2n1. The van der Waals surface area contributed by atoms with Crippen molar-refractivity contribution in [2.24, 2.45) is 5.73 Å². The molecule has 0 fully saturated rings. The molecule has 5 nitrogen and oxygen atoms in total. The molecule has 3 aromatic rings. The number of nitrogens with one attached hydrogen (secondary N) is 1. The highest BCUT2D eigenvalue weighted by Gasteiger charge is 2.06. The summed E-state index contributed by atoms with van der Waals surface area (Å²) >= 11 is 4.93. The molecule has 1 aromatic carbocycles. The maximum absolute atomic E-state index is 5.59. The van der Waals surface area contributed by atoms with Crippen LogP contribution in [0.15, 0.2) is 42.6 Å². The summed E-state index contributed by atoms with van der Waals surface area (Å²) in [7, 11) is 0. The lowest BCUT2D eigenvalue weighted by Gasteiger charge is -2.10. The number of benzene rings is 1. The third-order valence-corrected chi connectivity index (χ3v) is 3.21. The van der Waals surface area contributed by atoms with Crippen LogP contribution in [0.5, 0.6) is 0 Å². The number of nitrogens with two attached hydrogens (primary N) is 1. The number of thiocarbonyl (C=S) groups is 1. The summed E-state index contributed by atoms with van der Waals surface area (Å²) in [6.45, 7) is 1.95. The van der Waals surface area contributed by atoms with Gasteiger partial charge in [-0.15, -0.1) is 0 Å². The van der Waals surface area contributed by atoms with Crippen molar-refractivity contribution in [3.63, 3.8) is 0 Å². The van der Waals surface area contributed by atoms with E-state index in [1.807, 2.05) is 37.3 Å². The highest BCUT2D eigenvalue weighted by Crippen LogP contribution is 2.24. The zero-order chi connectivity index (χ0) is 14.8. The molecule has 0 unspecified atom stereocenters. The molecule has 104 valence electrons. The van der Waals surface area contributed by atoms with E-state index < -0.39 is 0 Å². The highest BCUT2D eigenvalue weighted by molar-refractivity contribution is 7.80. The molecule has 0 aliphatic rings. The number of fused-ring (bicyclic) bond motifs is 1. The van der Waals surface area contributed by atoms with Gasteiger partial charge in [0.05, 0.1) is 11.2 Å². The second kappa shape index (κ2) is 5.41. The molecular formula is C15H13N5S. The number of aryl methyl sites for hydroxylation is 1. The quantitative estimate of drug-likeness (QED) is 0.724. The number of nitrogens with zero attached hydrogens (tertiary/aromatic N) is 3. The van der Waals surface area contributed by atoms with Crippen LogP contribution in [0.4, 0.5) is 11.6 Å². The minimum atomic E-state index is 0.246. The first-order valence-electron chi connectivity index (χ1n) is 6.40. The number of hydrogen-bond acceptors (Lipinski definition) is 5. The molecule has 3 rings (SSSR count). The maximum Gasteiger partial charge on any atom is 0.227 e. The van der Waals surface area contributed by atoms with Gasteiger partial charge in [0.25, 0.3) is 0 Å². The van der Waals surface area contributed by atoms with Crippen LogP contribution in [-0.2, 0) is 0 Å². The zero-order valence-corrected chi connectivity index (χ0v) is 12.2. The van der Waals surface area contributed by atoms with Gasteiger partial charge in [0.2, 0.25) is 5.95 Å². The molecule has 0 radical (unpaired) electrons. The van der Waals surface area contributed by atoms with Gasteiger partial charge in [-0.05, 0) is 25.1 Å². The standard InChI is InChI=1S/C15H13N5S/c1-9-8-13(10-4-2-3-5-11(10)18-9)20-15-17-7-6-12(19-15)14(16)21/h2-8H,1H3,(H2,16,21)(H,17,18,19,20). The molecule has 0 atom stereocenters. The third kappa shape index (κ3) is 2.80. The number of pyridine rings is 1. The molecule has 0 spiro atoms. The lowest BCUT2D eigenvalue weighted by Crippen LogP contribution is -2.12. The Morgan fingerprint density at radius 1 is 1.19 bits per heavy atom. The van der Waals surface area contributed by atoms with Crippen molar-refractivity contribution in [1.29, 1.82) is 0 Å². The van der Waals surface area contributed by atoms with Gasteiger partial charge in [0, 0.05) is 17.3 Å². The van der Waals surface area contributed by atoms with Crippen LogP contribution in [-0.4, -0.2) is 19.9 Å². The second-order valence-electron chi connectivity index (χ2n) is 4.58. The first-order chi connectivity index (χ1) is 10.1. The van der Waals surface area contributed by atoms with E-state index >= 15 is 0 Å². The Balaban J connectivity index is 2.05. The molecule has 21 heavy (non-hydrogen) atoms. The van der Waals surface area contributed by atoms with Gasteiger partial charge in [-0.3, -0.25) is 4.98 Å². The Morgan fingerprint density at radius 3 is 2.81 bits per heavy atom. The van der Waals surface area contributed by atoms with Gasteiger partial charge in [-0.25, -0.2) is 9.97 Å². The van der Waals surface area contributed by atoms with Gasteiger partial charge in [-0.2, -0.15) is 0 Å². The largest absolute Gasteiger partial charge is 0.388 e. The van der Waals surface area contributed by atoms with E-state index in [4.69, 9.17) is 18.0 Å². The Kier molecular flexibility index (Phi) is 3.45. The maximum atomic E-state index is 5.59. The number of para-hydroxylation sites is 1. The molecule has 0 saturated heterocycles. The van der Waals surface area contributed by atoms with Crippen molar-refractivity contribution in [2.45, 2.75) is 6.92 Å². The van der Waals surface area contributed by atoms with Gasteiger partial charge < -0.3 is 11.1 Å². The molecule has 0 aliphatic heterocycles. The molecule has 6 heteroatoms. The summed E-state index contributed by atoms with van der Waals surface area (Å²) in [5.74, 6) is 0.455. The summed E-state index contributed by atoms with van der Waals surface area (Å²) in [5, 5.41) is 4.21. The zero-order valence-electron chi connectivity index (χ0n) is 11.4. The van der Waals surface area contributed by atoms with Gasteiger partial charge in [0.1, 0.15) is 10.7 Å². The third-order valence-electron chi connectivity index (χ3n) is 3.00. The van der Waals surface area contributed by atoms with E-state index in [1.54, 1.807) is 12.3 Å². The first-order valence-corrected chi connectivity index (χ1v) is 6.80. The van der Waals surface area contributed by atoms with E-state index in [1.165, 1.54) is 0 Å². The molecule has 2 aromatic heterocycles. The minimum Gasteiger partial charge on any atom is -0.388 e. The molecule has 0 bridgehead atoms. The van der Waals surface area contributed by atoms with Crippen LogP contribution in [0.25, 0.3) is 10.9 Å². The fourth-order valence-corrected chi connectivity index (χ4v) is 2.20. The lowest BCUT2D eigenvalue weighted by atomic mass is 10.1. The first kappa shape index (κ1) is 13.4. The van der Waals surface area contributed by atoms with E-state index in [2.05, 4.69) is 20.3 Å². The van der Waals surface area contributed by atoms with Crippen LogP contribution in [0, 0.1) is 6.92 Å². The number of hydrogen-bond donors (Lipinski definition) is 2. The van der Waals surface area contributed by atoms with Crippen molar-refractivity contribution >= 4 is 39.7 Å². The summed E-state index contributed by atoms with van der Waals surface area (Å²) in [4.78, 5) is 13.2. The van der Waals surface area contributed by atoms with Crippen LogP contribution < -0.4 is 11.1 Å². The van der Waals surface area contributed by atoms with E-state index in [0.29, 0.717) is 11.6 Å². The van der Waals surface area contributed by atoms with Crippen LogP contribution >= 0.6 is 12.2 Å². The van der Waals surface area contributed by atoms with Crippen molar-refractivity contribution in [1.82, 2.24) is 15.0 Å². The van der Waals surface area contributed by atoms with Crippen LogP contribution in [0.3, 0.4) is 0 Å². The van der Waals surface area contributed by atoms with Gasteiger partial charge in [0.15, 0.2) is 0 Å². The fraction of sp³-hybridized carbons (Fsp3) is 0.0667. The Hall–Kier alpha value is -2.60. The second-order valence-corrected chi connectivity index (χ2v) is 5.02. The average Bonchev–Trinajstić information content (AvgIpc) is 2.47. The van der Waals surface area contributed by atoms with Gasteiger partial charge in [-0.1, -0.05) is 30.4 Å². The highest BCUT2D eigenvalue weighted by atomic mass is 32.1. The smallest absolute Gasteiger partial charge is 0.227 e. The lowest BCUT2D eigenvalue weighted by molar-refractivity contribution is 1.15. The Morgan fingerprint density at radius 2 is 2.00 bits per heavy atom. The number of rotatable bonds is 3. The van der Waals surface area contributed by atoms with E-state index in [9.17, 15) is 0 Å². The van der Waals surface area contributed by atoms with E-state index in [-0.39, 0.29) is 4.99 Å². The predicted molar refractivity (Wildman–Crippen MR) is 87.7 cm³/mol. The Labute approximate surface area is 127 Å². The van der Waals surface area contributed by atoms with Crippen molar-refractivity contribution in [2.75, 3.05) is 5.32 Å². The monoisotopic (exact) mass is 295 g/mol. The average molecular weight is 295 g/mol. The van der Waals surface area contributed by atoms with Crippen molar-refractivity contribution in [3.05, 3.63) is 54.0 Å². The number of anilines is 2. The van der Waals surface area contributed by atoms with Gasteiger partial charge >= 0.3 is 0 Å². The molecule has 3 N–H and O–H groups in total. The van der Waals surface area contributed by atoms with Crippen molar-refractivity contribution in [3.8, 4) is 0 Å². The molecule has 0 amide bonds. The minimum absolute atomic E-state index is 0.246. The van der Waals surface area contributed by atoms with Crippen molar-refractivity contribution < 1.29 is 0 Å². The fourth-order valence-electron chi connectivity index (χ4n) is 2.09. The molecule has 0 saturated carbocycles. The normalized spacial score (nSPS) is 10.5. The van der Waals surface area contributed by atoms with E-state index in [0.717, 1.165) is 22.3 Å². The summed E-state index contributed by atoms with van der Waals surface area (Å²) in [6, 6.07) is 11.5. The molecule has 2 heterocycles. The number of aromatic nitrogens is 3. The summed E-state index contributed by atoms with van der Waals surface area (Å²) in [6.07, 6.45) is 1.63. The molecule has 0 aliphatic carbocycles. The van der Waals surface area contributed by atoms with Crippen LogP contribution in [0.2, 0.25) is 0 Å². The Bertz CT molecular complexity index is 831. The summed E-state index contributed by atoms with van der Waals surface area (Å²) < 4.78 is 0. The van der Waals surface area contributed by atoms with Crippen LogP contribution in [0.1, 0.15) is 11.4 Å². The molecular weight excluding hydrogens is 282 g/mol. The topological polar surface area (TPSA) is 76.7 Å². The summed E-state index contributed by atoms with van der Waals surface area (Å²) in [5.41, 5.74) is 8.87. The predicted octanol–water partition coefficient (Wildman–Crippen LogP) is 2.71.